The Bertz CT molecular complexity index is 1800. The van der Waals surface area contributed by atoms with E-state index in [0.717, 1.165) is 33.2 Å². The fourth-order valence-corrected chi connectivity index (χ4v) is 4.96. The number of anilines is 2. The molecule has 0 saturated heterocycles. The molecule has 7 nitrogen and oxygen atoms in total. The van der Waals surface area contributed by atoms with Crippen molar-refractivity contribution < 1.29 is 9.59 Å². The molecule has 5 aromatic rings. The molecule has 0 bridgehead atoms. The summed E-state index contributed by atoms with van der Waals surface area (Å²) >= 11 is 6.64. The Balaban J connectivity index is 1.33. The lowest BCUT2D eigenvalue weighted by atomic mass is 9.95. The average molecular weight is 546 g/mol. The molecule has 2 N–H and O–H groups in total. The van der Waals surface area contributed by atoms with Crippen molar-refractivity contribution in [3.05, 3.63) is 114 Å². The minimum absolute atomic E-state index is 0.289. The highest BCUT2D eigenvalue weighted by molar-refractivity contribution is 6.34. The summed E-state index contributed by atoms with van der Waals surface area (Å²) in [5.41, 5.74) is 6.42. The van der Waals surface area contributed by atoms with Crippen LogP contribution in [0.15, 0.2) is 98.1 Å². The van der Waals surface area contributed by atoms with Crippen LogP contribution in [0.2, 0.25) is 5.02 Å². The van der Waals surface area contributed by atoms with Gasteiger partial charge in [0, 0.05) is 29.0 Å². The van der Waals surface area contributed by atoms with Crippen LogP contribution in [0.4, 0.5) is 11.5 Å². The lowest BCUT2D eigenvalue weighted by Gasteiger charge is -2.13. The van der Waals surface area contributed by atoms with Gasteiger partial charge in [0.05, 0.1) is 16.1 Å². The van der Waals surface area contributed by atoms with Crippen molar-refractivity contribution >= 4 is 45.8 Å². The van der Waals surface area contributed by atoms with Gasteiger partial charge in [-0.05, 0) is 95.6 Å². The van der Waals surface area contributed by atoms with Gasteiger partial charge >= 0.3 is 0 Å². The number of nitrogens with zero attached hydrogens (tertiary/aromatic N) is 3. The molecule has 0 unspecified atom stereocenters. The molecule has 0 radical (unpaired) electrons. The number of benzene rings is 3. The predicted molar refractivity (Wildman–Crippen MR) is 158 cm³/mol. The lowest BCUT2D eigenvalue weighted by molar-refractivity contribution is -0.111. The van der Waals surface area contributed by atoms with Crippen LogP contribution in [0.1, 0.15) is 34.7 Å². The van der Waals surface area contributed by atoms with Crippen LogP contribution in [0, 0.1) is 0 Å². The summed E-state index contributed by atoms with van der Waals surface area (Å²) in [6.07, 6.45) is 8.55. The first-order chi connectivity index (χ1) is 19.5. The van der Waals surface area contributed by atoms with Crippen LogP contribution < -0.4 is 10.6 Å². The molecule has 196 valence electrons. The molecule has 40 heavy (non-hydrogen) atoms. The summed E-state index contributed by atoms with van der Waals surface area (Å²) in [5.74, 6) is 0.471. The highest BCUT2D eigenvalue weighted by Gasteiger charge is 2.24. The van der Waals surface area contributed by atoms with E-state index in [2.05, 4.69) is 32.2 Å². The quantitative estimate of drug-likeness (QED) is 0.210. The van der Waals surface area contributed by atoms with Crippen LogP contribution >= 0.6 is 11.6 Å². The number of amides is 2. The van der Waals surface area contributed by atoms with E-state index in [1.807, 2.05) is 54.6 Å². The monoisotopic (exact) mass is 545 g/mol. The molecule has 1 saturated carbocycles. The molecule has 1 aliphatic rings. The van der Waals surface area contributed by atoms with E-state index in [0.29, 0.717) is 28.0 Å². The molecule has 1 aliphatic carbocycles. The van der Waals surface area contributed by atoms with E-state index in [1.165, 1.54) is 30.8 Å². The molecule has 0 aliphatic heterocycles. The van der Waals surface area contributed by atoms with Crippen molar-refractivity contribution in [1.29, 1.82) is 0 Å². The highest BCUT2D eigenvalue weighted by atomic mass is 35.5. The predicted octanol–water partition coefficient (Wildman–Crippen LogP) is 7.27. The van der Waals surface area contributed by atoms with Crippen molar-refractivity contribution in [1.82, 2.24) is 15.0 Å². The molecule has 2 amide bonds. The van der Waals surface area contributed by atoms with Gasteiger partial charge in [-0.15, -0.1) is 0 Å². The van der Waals surface area contributed by atoms with Crippen LogP contribution in [0.3, 0.4) is 0 Å². The van der Waals surface area contributed by atoms with Crippen LogP contribution in [-0.4, -0.2) is 26.8 Å². The maximum Gasteiger partial charge on any atom is 0.258 e. The van der Waals surface area contributed by atoms with Gasteiger partial charge in [0.25, 0.3) is 5.91 Å². The van der Waals surface area contributed by atoms with E-state index in [1.54, 1.807) is 24.5 Å². The number of hydrogen-bond acceptors (Lipinski definition) is 5. The third-order valence-corrected chi connectivity index (χ3v) is 7.17. The fourth-order valence-electron chi connectivity index (χ4n) is 4.70. The lowest BCUT2D eigenvalue weighted by Crippen LogP contribution is -2.13. The van der Waals surface area contributed by atoms with Crippen molar-refractivity contribution in [2.75, 3.05) is 10.6 Å². The Morgan fingerprint density at radius 3 is 2.60 bits per heavy atom. The van der Waals surface area contributed by atoms with E-state index in [-0.39, 0.29) is 11.8 Å². The van der Waals surface area contributed by atoms with Crippen LogP contribution in [0.25, 0.3) is 33.2 Å². The van der Waals surface area contributed by atoms with E-state index in [9.17, 15) is 9.59 Å². The summed E-state index contributed by atoms with van der Waals surface area (Å²) in [7, 11) is 0. The Kier molecular flexibility index (Phi) is 6.80. The van der Waals surface area contributed by atoms with Gasteiger partial charge in [-0.2, -0.15) is 0 Å². The molecular weight excluding hydrogens is 522 g/mol. The number of rotatable bonds is 7. The standard InChI is InChI=1S/C32H24ClN5O2/c1-2-30(39)37-25-5-3-4-22(13-25)27-14-23(12-24-17-34-18-36-31(24)27)20-8-9-26(28(33)15-20)32(40)38-29-16-21(10-11-35-29)19-6-7-19/h2-5,8-19H,1,6-7H2,(H,37,39)(H,35,38,40). The van der Waals surface area contributed by atoms with Gasteiger partial charge in [-0.25, -0.2) is 15.0 Å². The van der Waals surface area contributed by atoms with Gasteiger partial charge in [0.1, 0.15) is 12.1 Å². The first-order valence-electron chi connectivity index (χ1n) is 12.8. The van der Waals surface area contributed by atoms with Crippen molar-refractivity contribution in [2.45, 2.75) is 18.8 Å². The first kappa shape index (κ1) is 25.4. The second-order valence-corrected chi connectivity index (χ2v) is 10.1. The smallest absolute Gasteiger partial charge is 0.258 e. The molecular formula is C32H24ClN5O2. The van der Waals surface area contributed by atoms with Crippen LogP contribution in [-0.2, 0) is 4.79 Å². The molecule has 6 rings (SSSR count). The third kappa shape index (κ3) is 5.32. The maximum atomic E-state index is 13.0. The Labute approximate surface area is 236 Å². The number of hydrogen-bond donors (Lipinski definition) is 2. The summed E-state index contributed by atoms with van der Waals surface area (Å²) < 4.78 is 0. The number of nitrogens with one attached hydrogen (secondary N) is 2. The Hall–Kier alpha value is -4.88. The van der Waals surface area contributed by atoms with Crippen molar-refractivity contribution in [2.24, 2.45) is 0 Å². The molecule has 3 aromatic carbocycles. The second-order valence-electron chi connectivity index (χ2n) is 9.66. The van der Waals surface area contributed by atoms with Gasteiger partial charge in [0.15, 0.2) is 0 Å². The molecule has 1 fully saturated rings. The minimum atomic E-state index is -0.317. The molecule has 0 atom stereocenters. The number of halogens is 1. The van der Waals surface area contributed by atoms with E-state index < -0.39 is 0 Å². The third-order valence-electron chi connectivity index (χ3n) is 6.85. The normalized spacial score (nSPS) is 12.6. The number of carbonyl (C=O) groups is 2. The Morgan fingerprint density at radius 2 is 1.80 bits per heavy atom. The van der Waals surface area contributed by atoms with Crippen molar-refractivity contribution in [3.63, 3.8) is 0 Å². The SMILES string of the molecule is C=CC(=O)Nc1cccc(-c2cc(-c3ccc(C(=O)Nc4cc(C5CC5)ccn4)c(Cl)c3)cc3cncnc23)c1. The zero-order valence-corrected chi connectivity index (χ0v) is 22.2. The number of pyridine rings is 1. The fraction of sp³-hybridized carbons (Fsp3) is 0.0938. The maximum absolute atomic E-state index is 13.0. The zero-order chi connectivity index (χ0) is 27.6. The zero-order valence-electron chi connectivity index (χ0n) is 21.4. The largest absolute Gasteiger partial charge is 0.323 e. The minimum Gasteiger partial charge on any atom is -0.323 e. The number of fused-ring (bicyclic) bond motifs is 1. The number of carbonyl (C=O) groups excluding carboxylic acids is 2. The summed E-state index contributed by atoms with van der Waals surface area (Å²) in [4.78, 5) is 37.9. The van der Waals surface area contributed by atoms with E-state index >= 15 is 0 Å². The van der Waals surface area contributed by atoms with Gasteiger partial charge in [0.2, 0.25) is 5.91 Å². The van der Waals surface area contributed by atoms with Gasteiger partial charge in [-0.3, -0.25) is 9.59 Å². The second kappa shape index (κ2) is 10.7. The van der Waals surface area contributed by atoms with E-state index in [4.69, 9.17) is 11.6 Å². The van der Waals surface area contributed by atoms with Gasteiger partial charge < -0.3 is 10.6 Å². The summed E-state index contributed by atoms with van der Waals surface area (Å²) in [6, 6.07) is 20.8. The molecule has 8 heteroatoms. The topological polar surface area (TPSA) is 96.9 Å². The summed E-state index contributed by atoms with van der Waals surface area (Å²) in [6.45, 7) is 3.51. The molecule has 0 spiro atoms. The molecule has 2 heterocycles. The first-order valence-corrected chi connectivity index (χ1v) is 13.2. The summed E-state index contributed by atoms with van der Waals surface area (Å²) in [5, 5.41) is 6.84. The highest BCUT2D eigenvalue weighted by Crippen LogP contribution is 2.40. The van der Waals surface area contributed by atoms with Crippen LogP contribution in [0.5, 0.6) is 0 Å². The number of aromatic nitrogens is 3. The van der Waals surface area contributed by atoms with Crippen molar-refractivity contribution in [3.8, 4) is 22.3 Å². The average Bonchev–Trinajstić information content (AvgIpc) is 3.82. The Morgan fingerprint density at radius 1 is 0.925 bits per heavy atom. The van der Waals surface area contributed by atoms with Gasteiger partial charge in [-0.1, -0.05) is 36.4 Å². The molecule has 2 aromatic heterocycles.